The molecule has 0 aromatic heterocycles. The van der Waals surface area contributed by atoms with Crippen LogP contribution in [0.3, 0.4) is 0 Å². The van der Waals surface area contributed by atoms with Crippen molar-refractivity contribution in [3.05, 3.63) is 35.9 Å². The van der Waals surface area contributed by atoms with E-state index in [9.17, 15) is 4.79 Å². The Balaban J connectivity index is 2.97. The number of Topliss-reactive ketones (excluding diaryl/α,β-unsaturated/α-hetero) is 1. The number of ketones is 1. The lowest BCUT2D eigenvalue weighted by Crippen LogP contribution is -2.27. The molecule has 0 saturated heterocycles. The standard InChI is InChI=1S/C14H19ClO/c1-14(2,3)13(16)12(9-10-15)11-7-5-4-6-8-11/h4-8,12H,9-10H2,1-3H3. The van der Waals surface area contributed by atoms with Gasteiger partial charge in [-0.3, -0.25) is 4.79 Å². The van der Waals surface area contributed by atoms with Crippen molar-refractivity contribution in [2.24, 2.45) is 5.41 Å². The monoisotopic (exact) mass is 238 g/mol. The van der Waals surface area contributed by atoms with Gasteiger partial charge in [0.25, 0.3) is 0 Å². The molecule has 1 nitrogen and oxygen atoms in total. The largest absolute Gasteiger partial charge is 0.298 e. The number of rotatable bonds is 4. The van der Waals surface area contributed by atoms with Crippen LogP contribution in [0.15, 0.2) is 30.3 Å². The molecule has 0 spiro atoms. The van der Waals surface area contributed by atoms with Gasteiger partial charge < -0.3 is 0 Å². The molecule has 2 heteroatoms. The average molecular weight is 239 g/mol. The molecule has 0 fully saturated rings. The number of halogens is 1. The van der Waals surface area contributed by atoms with Crippen LogP contribution in [0.4, 0.5) is 0 Å². The van der Waals surface area contributed by atoms with Gasteiger partial charge in [0.05, 0.1) is 0 Å². The third kappa shape index (κ3) is 3.34. The molecule has 1 aromatic rings. The third-order valence-electron chi connectivity index (χ3n) is 2.66. The van der Waals surface area contributed by atoms with E-state index < -0.39 is 0 Å². The molecule has 0 saturated carbocycles. The Kier molecular flexibility index (Phi) is 4.55. The number of carbonyl (C=O) groups is 1. The zero-order valence-electron chi connectivity index (χ0n) is 10.2. The predicted octanol–water partition coefficient (Wildman–Crippen LogP) is 4.01. The van der Waals surface area contributed by atoms with E-state index in [1.807, 2.05) is 51.1 Å². The SMILES string of the molecule is CC(C)(C)C(=O)C(CCCl)c1ccccc1. The third-order valence-corrected chi connectivity index (χ3v) is 2.87. The lowest BCUT2D eigenvalue weighted by atomic mass is 9.79. The molecule has 1 atom stereocenters. The lowest BCUT2D eigenvalue weighted by Gasteiger charge is -2.24. The van der Waals surface area contributed by atoms with Crippen LogP contribution in [0.2, 0.25) is 0 Å². The minimum absolute atomic E-state index is 0.0706. The zero-order valence-corrected chi connectivity index (χ0v) is 10.9. The summed E-state index contributed by atoms with van der Waals surface area (Å²) >= 11 is 5.79. The van der Waals surface area contributed by atoms with E-state index in [4.69, 9.17) is 11.6 Å². The summed E-state index contributed by atoms with van der Waals surface area (Å²) in [6.45, 7) is 5.87. The Hall–Kier alpha value is -0.820. The second-order valence-corrected chi connectivity index (χ2v) is 5.43. The quantitative estimate of drug-likeness (QED) is 0.725. The maximum absolute atomic E-state index is 12.3. The number of carbonyl (C=O) groups excluding carboxylic acids is 1. The molecule has 0 bridgehead atoms. The van der Waals surface area contributed by atoms with Crippen LogP contribution >= 0.6 is 11.6 Å². The van der Waals surface area contributed by atoms with Crippen molar-refractivity contribution < 1.29 is 4.79 Å². The fourth-order valence-electron chi connectivity index (χ4n) is 1.77. The van der Waals surface area contributed by atoms with Crippen molar-refractivity contribution in [3.8, 4) is 0 Å². The summed E-state index contributed by atoms with van der Waals surface area (Å²) in [5, 5.41) is 0. The molecule has 88 valence electrons. The first-order valence-electron chi connectivity index (χ1n) is 5.62. The maximum atomic E-state index is 12.3. The molecule has 1 unspecified atom stereocenters. The van der Waals surface area contributed by atoms with Crippen LogP contribution in [-0.4, -0.2) is 11.7 Å². The first kappa shape index (κ1) is 13.2. The van der Waals surface area contributed by atoms with Gasteiger partial charge >= 0.3 is 0 Å². The molecule has 16 heavy (non-hydrogen) atoms. The van der Waals surface area contributed by atoms with Gasteiger partial charge in [-0.25, -0.2) is 0 Å². The van der Waals surface area contributed by atoms with Crippen LogP contribution in [0, 0.1) is 5.41 Å². The van der Waals surface area contributed by atoms with E-state index in [0.717, 1.165) is 5.56 Å². The Morgan fingerprint density at radius 2 is 1.81 bits per heavy atom. The topological polar surface area (TPSA) is 17.1 Å². The molecular formula is C14H19ClO. The molecule has 1 rings (SSSR count). The van der Waals surface area contributed by atoms with Crippen LogP contribution in [0.5, 0.6) is 0 Å². The molecular weight excluding hydrogens is 220 g/mol. The highest BCUT2D eigenvalue weighted by atomic mass is 35.5. The highest BCUT2D eigenvalue weighted by molar-refractivity contribution is 6.18. The second-order valence-electron chi connectivity index (χ2n) is 5.06. The number of alkyl halides is 1. The van der Waals surface area contributed by atoms with E-state index in [1.54, 1.807) is 0 Å². The average Bonchev–Trinajstić information content (AvgIpc) is 2.25. The van der Waals surface area contributed by atoms with E-state index in [1.165, 1.54) is 0 Å². The van der Waals surface area contributed by atoms with Crippen molar-refractivity contribution in [3.63, 3.8) is 0 Å². The molecule has 0 amide bonds. The van der Waals surface area contributed by atoms with Gasteiger partial charge in [0, 0.05) is 17.2 Å². The minimum atomic E-state index is -0.313. The van der Waals surface area contributed by atoms with Gasteiger partial charge in [-0.1, -0.05) is 51.1 Å². The van der Waals surface area contributed by atoms with E-state index >= 15 is 0 Å². The Morgan fingerprint density at radius 1 is 1.25 bits per heavy atom. The first-order valence-corrected chi connectivity index (χ1v) is 6.15. The van der Waals surface area contributed by atoms with Crippen LogP contribution in [-0.2, 0) is 4.79 Å². The van der Waals surface area contributed by atoms with Crippen molar-refractivity contribution in [1.82, 2.24) is 0 Å². The molecule has 0 aliphatic rings. The maximum Gasteiger partial charge on any atom is 0.145 e. The Morgan fingerprint density at radius 3 is 2.25 bits per heavy atom. The highest BCUT2D eigenvalue weighted by Crippen LogP contribution is 2.30. The summed E-state index contributed by atoms with van der Waals surface area (Å²) < 4.78 is 0. The van der Waals surface area contributed by atoms with E-state index in [0.29, 0.717) is 12.3 Å². The summed E-state index contributed by atoms with van der Waals surface area (Å²) in [6.07, 6.45) is 0.710. The highest BCUT2D eigenvalue weighted by Gasteiger charge is 2.29. The normalized spacial score (nSPS) is 13.5. The molecule has 0 heterocycles. The number of benzene rings is 1. The Labute approximate surface area is 103 Å². The van der Waals surface area contributed by atoms with Crippen molar-refractivity contribution >= 4 is 17.4 Å². The first-order chi connectivity index (χ1) is 7.46. The van der Waals surface area contributed by atoms with E-state index in [-0.39, 0.29) is 17.1 Å². The molecule has 0 aliphatic carbocycles. The smallest absolute Gasteiger partial charge is 0.145 e. The van der Waals surface area contributed by atoms with Gasteiger partial charge in [0.15, 0.2) is 0 Å². The summed E-state index contributed by atoms with van der Waals surface area (Å²) in [6, 6.07) is 9.89. The number of hydrogen-bond donors (Lipinski definition) is 0. The van der Waals surface area contributed by atoms with Crippen molar-refractivity contribution in [2.45, 2.75) is 33.1 Å². The molecule has 0 N–H and O–H groups in total. The molecule has 1 aromatic carbocycles. The van der Waals surface area contributed by atoms with Gasteiger partial charge in [0.2, 0.25) is 0 Å². The number of hydrogen-bond acceptors (Lipinski definition) is 1. The minimum Gasteiger partial charge on any atom is -0.298 e. The predicted molar refractivity (Wildman–Crippen MR) is 69.0 cm³/mol. The summed E-state index contributed by atoms with van der Waals surface area (Å²) in [5.74, 6) is 0.708. The Bertz CT molecular complexity index is 338. The fraction of sp³-hybridized carbons (Fsp3) is 0.500. The van der Waals surface area contributed by atoms with Gasteiger partial charge in [0.1, 0.15) is 5.78 Å². The molecule has 0 aliphatic heterocycles. The lowest BCUT2D eigenvalue weighted by molar-refractivity contribution is -0.127. The second kappa shape index (κ2) is 5.49. The van der Waals surface area contributed by atoms with Crippen LogP contribution in [0.1, 0.15) is 38.7 Å². The van der Waals surface area contributed by atoms with Crippen LogP contribution < -0.4 is 0 Å². The van der Waals surface area contributed by atoms with Gasteiger partial charge in [-0.15, -0.1) is 11.6 Å². The van der Waals surface area contributed by atoms with Crippen molar-refractivity contribution in [2.75, 3.05) is 5.88 Å². The molecule has 0 radical (unpaired) electrons. The summed E-state index contributed by atoms with van der Waals surface area (Å²) in [5.41, 5.74) is 0.759. The van der Waals surface area contributed by atoms with E-state index in [2.05, 4.69) is 0 Å². The fourth-order valence-corrected chi connectivity index (χ4v) is 1.98. The summed E-state index contributed by atoms with van der Waals surface area (Å²) in [7, 11) is 0. The van der Waals surface area contributed by atoms with Crippen LogP contribution in [0.25, 0.3) is 0 Å². The van der Waals surface area contributed by atoms with Gasteiger partial charge in [-0.2, -0.15) is 0 Å². The van der Waals surface area contributed by atoms with Gasteiger partial charge in [-0.05, 0) is 12.0 Å². The zero-order chi connectivity index (χ0) is 12.2. The summed E-state index contributed by atoms with van der Waals surface area (Å²) in [4.78, 5) is 12.3. The van der Waals surface area contributed by atoms with Crippen molar-refractivity contribution in [1.29, 1.82) is 0 Å².